The van der Waals surface area contributed by atoms with E-state index in [1.807, 2.05) is 73.7 Å². The van der Waals surface area contributed by atoms with E-state index < -0.39 is 0 Å². The van der Waals surface area contributed by atoms with E-state index in [-0.39, 0.29) is 5.76 Å². The van der Waals surface area contributed by atoms with Crippen molar-refractivity contribution in [3.63, 3.8) is 0 Å². The minimum absolute atomic E-state index is 0.277. The molecule has 0 aliphatic carbocycles. The van der Waals surface area contributed by atoms with Gasteiger partial charge in [-0.05, 0) is 48.9 Å². The summed E-state index contributed by atoms with van der Waals surface area (Å²) in [7, 11) is 0. The van der Waals surface area contributed by atoms with Crippen molar-refractivity contribution in [2.75, 3.05) is 0 Å². The summed E-state index contributed by atoms with van der Waals surface area (Å²) < 4.78 is 0. The van der Waals surface area contributed by atoms with Crippen LogP contribution >= 0.6 is 11.6 Å². The number of allylic oxidation sites excluding steroid dienone is 1. The maximum Gasteiger partial charge on any atom is 0.118 e. The number of nitrogens with zero attached hydrogens (tertiary/aromatic N) is 1. The molecule has 0 amide bonds. The van der Waals surface area contributed by atoms with Gasteiger partial charge < -0.3 is 5.11 Å². The molecule has 23 heavy (non-hydrogen) atoms. The molecule has 1 aromatic heterocycles. The molecule has 0 atom stereocenters. The lowest BCUT2D eigenvalue weighted by atomic mass is 10.1. The second-order valence-electron chi connectivity index (χ2n) is 5.21. The van der Waals surface area contributed by atoms with E-state index in [1.165, 1.54) is 0 Å². The lowest BCUT2D eigenvalue weighted by Crippen LogP contribution is -1.84. The summed E-state index contributed by atoms with van der Waals surface area (Å²) in [6, 6.07) is 17.4. The highest BCUT2D eigenvalue weighted by atomic mass is 35.5. The van der Waals surface area contributed by atoms with Crippen molar-refractivity contribution in [1.82, 2.24) is 4.98 Å². The first-order chi connectivity index (χ1) is 11.2. The standard InChI is InChI=1S/C20H16ClNO/c1-2-20(23)16-5-3-4-14(12-16)6-10-18-11-8-15-7-9-17(21)13-19(15)22-18/h2-13,23H,1H3. The number of hydrogen-bond donors (Lipinski definition) is 1. The molecule has 3 aromatic rings. The van der Waals surface area contributed by atoms with E-state index in [4.69, 9.17) is 11.6 Å². The molecule has 0 fully saturated rings. The van der Waals surface area contributed by atoms with E-state index in [0.29, 0.717) is 5.02 Å². The van der Waals surface area contributed by atoms with Gasteiger partial charge in [-0.3, -0.25) is 0 Å². The minimum atomic E-state index is 0.277. The summed E-state index contributed by atoms with van der Waals surface area (Å²) in [5.41, 5.74) is 3.54. The van der Waals surface area contributed by atoms with Crippen molar-refractivity contribution in [1.29, 1.82) is 0 Å². The maximum absolute atomic E-state index is 9.80. The predicted octanol–water partition coefficient (Wildman–Crippen LogP) is 5.98. The molecule has 0 aliphatic rings. The molecule has 3 rings (SSSR count). The third-order valence-corrected chi connectivity index (χ3v) is 3.81. The average molecular weight is 322 g/mol. The van der Waals surface area contributed by atoms with Crippen LogP contribution in [0, 0.1) is 0 Å². The van der Waals surface area contributed by atoms with Gasteiger partial charge in [0.2, 0.25) is 0 Å². The van der Waals surface area contributed by atoms with Gasteiger partial charge in [0, 0.05) is 16.0 Å². The highest BCUT2D eigenvalue weighted by molar-refractivity contribution is 6.31. The van der Waals surface area contributed by atoms with Crippen LogP contribution in [-0.2, 0) is 0 Å². The zero-order chi connectivity index (χ0) is 16.2. The van der Waals surface area contributed by atoms with Gasteiger partial charge in [0.1, 0.15) is 5.76 Å². The largest absolute Gasteiger partial charge is 0.508 e. The van der Waals surface area contributed by atoms with Crippen LogP contribution < -0.4 is 0 Å². The average Bonchev–Trinajstić information content (AvgIpc) is 2.59. The van der Waals surface area contributed by atoms with Crippen LogP contribution in [0.15, 0.2) is 60.7 Å². The van der Waals surface area contributed by atoms with Crippen LogP contribution in [-0.4, -0.2) is 10.1 Å². The van der Waals surface area contributed by atoms with Gasteiger partial charge in [-0.15, -0.1) is 0 Å². The van der Waals surface area contributed by atoms with E-state index >= 15 is 0 Å². The summed E-state index contributed by atoms with van der Waals surface area (Å²) >= 11 is 6.02. The number of halogens is 1. The number of fused-ring (bicyclic) bond motifs is 1. The van der Waals surface area contributed by atoms with E-state index in [2.05, 4.69) is 4.98 Å². The maximum atomic E-state index is 9.80. The quantitative estimate of drug-likeness (QED) is 0.602. The van der Waals surface area contributed by atoms with Gasteiger partial charge >= 0.3 is 0 Å². The molecule has 0 spiro atoms. The van der Waals surface area contributed by atoms with Gasteiger partial charge in [-0.1, -0.05) is 48.0 Å². The lowest BCUT2D eigenvalue weighted by molar-refractivity contribution is 0.511. The smallest absolute Gasteiger partial charge is 0.118 e. The first-order valence-electron chi connectivity index (χ1n) is 7.36. The molecule has 3 heteroatoms. The van der Waals surface area contributed by atoms with E-state index in [0.717, 1.165) is 27.7 Å². The zero-order valence-corrected chi connectivity index (χ0v) is 13.5. The Morgan fingerprint density at radius 2 is 1.87 bits per heavy atom. The third-order valence-electron chi connectivity index (χ3n) is 3.58. The zero-order valence-electron chi connectivity index (χ0n) is 12.7. The topological polar surface area (TPSA) is 33.1 Å². The molecule has 0 radical (unpaired) electrons. The van der Waals surface area contributed by atoms with Gasteiger partial charge in [0.15, 0.2) is 0 Å². The van der Waals surface area contributed by atoms with Crippen molar-refractivity contribution < 1.29 is 5.11 Å². The molecule has 0 saturated heterocycles. The summed E-state index contributed by atoms with van der Waals surface area (Å²) in [6.07, 6.45) is 5.61. The highest BCUT2D eigenvalue weighted by Crippen LogP contribution is 2.19. The Morgan fingerprint density at radius 1 is 1.04 bits per heavy atom. The fourth-order valence-electron chi connectivity index (χ4n) is 2.35. The molecule has 2 aromatic carbocycles. The summed E-state index contributed by atoms with van der Waals surface area (Å²) in [5.74, 6) is 0.277. The summed E-state index contributed by atoms with van der Waals surface area (Å²) in [6.45, 7) is 1.81. The lowest BCUT2D eigenvalue weighted by Gasteiger charge is -2.02. The second kappa shape index (κ2) is 6.67. The molecule has 2 nitrogen and oxygen atoms in total. The van der Waals surface area contributed by atoms with E-state index in [9.17, 15) is 5.11 Å². The molecule has 1 N–H and O–H groups in total. The fraction of sp³-hybridized carbons (Fsp3) is 0.0500. The van der Waals surface area contributed by atoms with Crippen molar-refractivity contribution in [3.8, 4) is 0 Å². The van der Waals surface area contributed by atoms with Gasteiger partial charge in [-0.2, -0.15) is 0 Å². The first kappa shape index (κ1) is 15.3. The van der Waals surface area contributed by atoms with Crippen LogP contribution in [0.5, 0.6) is 0 Å². The fourth-order valence-corrected chi connectivity index (χ4v) is 2.52. The Labute approximate surface area is 140 Å². The number of hydrogen-bond acceptors (Lipinski definition) is 2. The van der Waals surface area contributed by atoms with Crippen molar-refractivity contribution in [2.45, 2.75) is 6.92 Å². The molecule has 114 valence electrons. The number of aromatic nitrogens is 1. The molecule has 0 aliphatic heterocycles. The number of rotatable bonds is 3. The Kier molecular flexibility index (Phi) is 4.45. The van der Waals surface area contributed by atoms with Gasteiger partial charge in [0.05, 0.1) is 11.2 Å². The monoisotopic (exact) mass is 321 g/mol. The molecule has 0 unspecified atom stereocenters. The summed E-state index contributed by atoms with van der Waals surface area (Å²) in [4.78, 5) is 4.59. The third kappa shape index (κ3) is 3.61. The number of aliphatic hydroxyl groups is 1. The Morgan fingerprint density at radius 3 is 2.70 bits per heavy atom. The minimum Gasteiger partial charge on any atom is -0.508 e. The van der Waals surface area contributed by atoms with Gasteiger partial charge in [0.25, 0.3) is 0 Å². The highest BCUT2D eigenvalue weighted by Gasteiger charge is 1.99. The molecule has 0 saturated carbocycles. The normalized spacial score (nSPS) is 12.2. The number of benzene rings is 2. The van der Waals surface area contributed by atoms with Crippen molar-refractivity contribution in [3.05, 3.63) is 82.5 Å². The molecular weight excluding hydrogens is 306 g/mol. The Hall–Kier alpha value is -2.58. The van der Waals surface area contributed by atoms with Gasteiger partial charge in [-0.25, -0.2) is 4.98 Å². The predicted molar refractivity (Wildman–Crippen MR) is 98.4 cm³/mol. The molecular formula is C20H16ClNO. The van der Waals surface area contributed by atoms with E-state index in [1.54, 1.807) is 6.08 Å². The van der Waals surface area contributed by atoms with Crippen LogP contribution in [0.25, 0.3) is 28.8 Å². The van der Waals surface area contributed by atoms with Crippen LogP contribution in [0.1, 0.15) is 23.7 Å². The number of pyridine rings is 1. The number of aliphatic hydroxyl groups excluding tert-OH is 1. The van der Waals surface area contributed by atoms with Crippen LogP contribution in [0.3, 0.4) is 0 Å². The molecule has 1 heterocycles. The van der Waals surface area contributed by atoms with Crippen molar-refractivity contribution >= 4 is 40.4 Å². The Bertz CT molecular complexity index is 912. The van der Waals surface area contributed by atoms with Crippen LogP contribution in [0.2, 0.25) is 5.02 Å². The second-order valence-corrected chi connectivity index (χ2v) is 5.64. The summed E-state index contributed by atoms with van der Waals surface area (Å²) in [5, 5.41) is 11.5. The SMILES string of the molecule is CC=C(O)c1cccc(C=Cc2ccc3ccc(Cl)cc3n2)c1. The van der Waals surface area contributed by atoms with Crippen molar-refractivity contribution in [2.24, 2.45) is 0 Å². The molecule has 0 bridgehead atoms. The Balaban J connectivity index is 1.90. The van der Waals surface area contributed by atoms with Crippen LogP contribution in [0.4, 0.5) is 0 Å². The first-order valence-corrected chi connectivity index (χ1v) is 7.73.